The maximum atomic E-state index is 13.1. The molecule has 0 aliphatic heterocycles. The Bertz CT molecular complexity index is 684. The third-order valence-electron chi connectivity index (χ3n) is 2.74. The lowest BCUT2D eigenvalue weighted by Gasteiger charge is -2.28. The van der Waals surface area contributed by atoms with Crippen LogP contribution in [0.3, 0.4) is 0 Å². The van der Waals surface area contributed by atoms with Crippen molar-refractivity contribution in [2.24, 2.45) is 0 Å². The van der Waals surface area contributed by atoms with Crippen molar-refractivity contribution in [2.45, 2.75) is 29.8 Å². The molecule has 12 heteroatoms. The number of nitrogens with one attached hydrogen (secondary N) is 1. The molecule has 0 aliphatic rings. The van der Waals surface area contributed by atoms with E-state index in [4.69, 9.17) is 0 Å². The van der Waals surface area contributed by atoms with E-state index in [1.807, 2.05) is 0 Å². The Morgan fingerprint density at radius 3 is 2.04 bits per heavy atom. The van der Waals surface area contributed by atoms with Gasteiger partial charge in [-0.05, 0) is 24.6 Å². The molecule has 0 aromatic heterocycles. The highest BCUT2D eigenvalue weighted by atomic mass is 32.2. The van der Waals surface area contributed by atoms with Gasteiger partial charge in [0.1, 0.15) is 5.82 Å². The second-order valence-electron chi connectivity index (χ2n) is 4.51. The lowest BCUT2D eigenvalue weighted by atomic mass is 10.1. The standard InChI is InChI=1S/C11H9F8NO2S/c1-6-2-3-7(12)4-8(6)23(21,22)20-5-9(13,14)10(15,16)11(17,18)19/h2-4,20H,5H2,1H3. The summed E-state index contributed by atoms with van der Waals surface area (Å²) in [5.74, 6) is -13.2. The van der Waals surface area contributed by atoms with Gasteiger partial charge in [0.25, 0.3) is 0 Å². The highest BCUT2D eigenvalue weighted by Gasteiger charge is 2.72. The zero-order valence-electron chi connectivity index (χ0n) is 11.2. The molecule has 1 aromatic carbocycles. The SMILES string of the molecule is Cc1ccc(F)cc1S(=O)(=O)NCC(F)(F)C(F)(F)C(F)(F)F. The predicted octanol–water partition coefficient (Wildman–Crippen LogP) is 3.25. The summed E-state index contributed by atoms with van der Waals surface area (Å²) < 4.78 is 125. The molecule has 0 unspecified atom stereocenters. The molecule has 0 saturated heterocycles. The lowest BCUT2D eigenvalue weighted by molar-refractivity contribution is -0.352. The van der Waals surface area contributed by atoms with Crippen LogP contribution in [0, 0.1) is 12.7 Å². The molecule has 1 N–H and O–H groups in total. The van der Waals surface area contributed by atoms with E-state index in [-0.39, 0.29) is 5.56 Å². The van der Waals surface area contributed by atoms with Crippen LogP contribution in [-0.2, 0) is 10.0 Å². The molecule has 0 atom stereocenters. The fraction of sp³-hybridized carbons (Fsp3) is 0.455. The Morgan fingerprint density at radius 2 is 1.57 bits per heavy atom. The number of rotatable bonds is 5. The third kappa shape index (κ3) is 3.91. The van der Waals surface area contributed by atoms with Crippen LogP contribution in [0.5, 0.6) is 0 Å². The Morgan fingerprint density at radius 1 is 1.04 bits per heavy atom. The summed E-state index contributed by atoms with van der Waals surface area (Å²) in [4.78, 5) is -0.858. The Kier molecular flexibility index (Phi) is 5.02. The van der Waals surface area contributed by atoms with Gasteiger partial charge in [-0.3, -0.25) is 0 Å². The number of hydrogen-bond acceptors (Lipinski definition) is 2. The van der Waals surface area contributed by atoms with E-state index in [9.17, 15) is 43.5 Å². The van der Waals surface area contributed by atoms with E-state index in [1.54, 1.807) is 0 Å². The molecule has 0 bridgehead atoms. The fourth-order valence-electron chi connectivity index (χ4n) is 1.45. The van der Waals surface area contributed by atoms with Crippen molar-refractivity contribution in [3.63, 3.8) is 0 Å². The highest BCUT2D eigenvalue weighted by Crippen LogP contribution is 2.46. The average molecular weight is 371 g/mol. The van der Waals surface area contributed by atoms with Crippen molar-refractivity contribution in [1.82, 2.24) is 4.72 Å². The van der Waals surface area contributed by atoms with Crippen LogP contribution in [0.4, 0.5) is 35.1 Å². The molecule has 132 valence electrons. The Hall–Kier alpha value is -1.43. The van der Waals surface area contributed by atoms with Crippen molar-refractivity contribution < 1.29 is 43.5 Å². The van der Waals surface area contributed by atoms with Gasteiger partial charge in [-0.1, -0.05) is 6.07 Å². The second-order valence-corrected chi connectivity index (χ2v) is 6.25. The molecule has 1 aromatic rings. The van der Waals surface area contributed by atoms with Gasteiger partial charge in [-0.25, -0.2) is 17.5 Å². The number of alkyl halides is 7. The number of hydrogen-bond donors (Lipinski definition) is 1. The van der Waals surface area contributed by atoms with E-state index < -0.39 is 45.3 Å². The molecule has 1 rings (SSSR count). The minimum absolute atomic E-state index is 0.121. The van der Waals surface area contributed by atoms with Crippen molar-refractivity contribution in [3.05, 3.63) is 29.6 Å². The molecule has 3 nitrogen and oxygen atoms in total. The van der Waals surface area contributed by atoms with Crippen LogP contribution in [0.1, 0.15) is 5.56 Å². The molecule has 23 heavy (non-hydrogen) atoms. The van der Waals surface area contributed by atoms with Crippen molar-refractivity contribution in [2.75, 3.05) is 6.54 Å². The summed E-state index contributed by atoms with van der Waals surface area (Å²) in [6, 6.07) is 2.23. The fourth-order valence-corrected chi connectivity index (χ4v) is 2.73. The molecule has 0 heterocycles. The third-order valence-corrected chi connectivity index (χ3v) is 4.28. The van der Waals surface area contributed by atoms with Gasteiger partial charge < -0.3 is 0 Å². The van der Waals surface area contributed by atoms with E-state index >= 15 is 0 Å². The van der Waals surface area contributed by atoms with Gasteiger partial charge in [0.2, 0.25) is 10.0 Å². The van der Waals surface area contributed by atoms with Gasteiger partial charge in [-0.15, -0.1) is 0 Å². The van der Waals surface area contributed by atoms with Gasteiger partial charge in [0.05, 0.1) is 11.4 Å². The minimum atomic E-state index is -6.57. The maximum absolute atomic E-state index is 13.1. The van der Waals surface area contributed by atoms with Crippen molar-refractivity contribution >= 4 is 10.0 Å². The molecule has 0 fully saturated rings. The Balaban J connectivity index is 3.07. The summed E-state index contributed by atoms with van der Waals surface area (Å²) in [5, 5.41) is 0. The number of sulfonamides is 1. The molecule has 0 aliphatic carbocycles. The largest absolute Gasteiger partial charge is 0.459 e. The normalized spacial score (nSPS) is 14.1. The van der Waals surface area contributed by atoms with Crippen LogP contribution in [0.15, 0.2) is 23.1 Å². The summed E-state index contributed by atoms with van der Waals surface area (Å²) in [5.41, 5.74) is -0.121. The first-order valence-corrected chi connectivity index (χ1v) is 7.18. The van der Waals surface area contributed by atoms with Crippen LogP contribution >= 0.6 is 0 Å². The van der Waals surface area contributed by atoms with Crippen LogP contribution in [-0.4, -0.2) is 33.0 Å². The first kappa shape index (κ1) is 19.6. The predicted molar refractivity (Wildman–Crippen MR) is 62.3 cm³/mol. The van der Waals surface area contributed by atoms with Crippen molar-refractivity contribution in [3.8, 4) is 0 Å². The quantitative estimate of drug-likeness (QED) is 0.808. The van der Waals surface area contributed by atoms with Crippen LogP contribution in [0.2, 0.25) is 0 Å². The lowest BCUT2D eigenvalue weighted by Crippen LogP contribution is -2.56. The summed E-state index contributed by atoms with van der Waals surface area (Å²) >= 11 is 0. The molecule has 0 amide bonds. The van der Waals surface area contributed by atoms with E-state index in [2.05, 4.69) is 0 Å². The van der Waals surface area contributed by atoms with Crippen molar-refractivity contribution in [1.29, 1.82) is 0 Å². The van der Waals surface area contributed by atoms with Crippen LogP contribution in [0.25, 0.3) is 0 Å². The van der Waals surface area contributed by atoms with E-state index in [1.165, 1.54) is 0 Å². The molecular formula is C11H9F8NO2S. The highest BCUT2D eigenvalue weighted by molar-refractivity contribution is 7.89. The second kappa shape index (κ2) is 5.89. The molecular weight excluding hydrogens is 362 g/mol. The molecule has 0 radical (unpaired) electrons. The molecule has 0 saturated carbocycles. The number of halogens is 8. The monoisotopic (exact) mass is 371 g/mol. The summed E-state index contributed by atoms with van der Waals surface area (Å²) in [7, 11) is -4.92. The smallest absolute Gasteiger partial charge is 0.207 e. The average Bonchev–Trinajstić information content (AvgIpc) is 2.38. The maximum Gasteiger partial charge on any atom is 0.459 e. The minimum Gasteiger partial charge on any atom is -0.207 e. The topological polar surface area (TPSA) is 46.2 Å². The summed E-state index contributed by atoms with van der Waals surface area (Å²) in [6.45, 7) is -1.37. The first-order chi connectivity index (χ1) is 10.1. The van der Waals surface area contributed by atoms with Gasteiger partial charge in [0, 0.05) is 0 Å². The van der Waals surface area contributed by atoms with Gasteiger partial charge >= 0.3 is 18.0 Å². The van der Waals surface area contributed by atoms with E-state index in [0.29, 0.717) is 6.07 Å². The van der Waals surface area contributed by atoms with Crippen LogP contribution < -0.4 is 4.72 Å². The number of benzene rings is 1. The van der Waals surface area contributed by atoms with Gasteiger partial charge in [-0.2, -0.15) is 30.7 Å². The van der Waals surface area contributed by atoms with Gasteiger partial charge in [0.15, 0.2) is 0 Å². The summed E-state index contributed by atoms with van der Waals surface area (Å²) in [6.07, 6.45) is -6.57. The zero-order valence-corrected chi connectivity index (χ0v) is 12.0. The van der Waals surface area contributed by atoms with E-state index in [0.717, 1.165) is 23.8 Å². The molecule has 0 spiro atoms. The number of aryl methyl sites for hydroxylation is 1. The first-order valence-electron chi connectivity index (χ1n) is 5.70. The Labute approximate surface area is 125 Å². The zero-order chi connectivity index (χ0) is 18.3.